The zero-order valence-corrected chi connectivity index (χ0v) is 5.71. The maximum Gasteiger partial charge on any atom is 0.307 e. The fraction of sp³-hybridized carbons (Fsp3) is 0.833. The van der Waals surface area contributed by atoms with Crippen LogP contribution in [0.3, 0.4) is 0 Å². The molecular weight excluding hydrogens is 132 g/mol. The normalized spacial score (nSPS) is 33.7. The van der Waals surface area contributed by atoms with E-state index in [4.69, 9.17) is 10.8 Å². The number of nitrogens with one attached hydrogen (secondary N) is 1. The Balaban J connectivity index is 2.33. The van der Waals surface area contributed by atoms with Crippen LogP contribution in [0.1, 0.15) is 12.8 Å². The Hall–Kier alpha value is -0.610. The number of aliphatic carboxylic acids is 1. The number of hydrogen-bond donors (Lipinski definition) is 3. The molecule has 1 saturated heterocycles. The van der Waals surface area contributed by atoms with Crippen molar-refractivity contribution >= 4 is 5.97 Å². The summed E-state index contributed by atoms with van der Waals surface area (Å²) in [4.78, 5) is 10.4. The molecule has 2 atom stereocenters. The lowest BCUT2D eigenvalue weighted by Gasteiger charge is -2.24. The van der Waals surface area contributed by atoms with Gasteiger partial charge in [-0.3, -0.25) is 4.79 Å². The summed E-state index contributed by atoms with van der Waals surface area (Å²) in [5.41, 5.74) is 5.49. The third-order valence-corrected chi connectivity index (χ3v) is 1.80. The molecule has 2 unspecified atom stereocenters. The van der Waals surface area contributed by atoms with E-state index >= 15 is 0 Å². The third-order valence-electron chi connectivity index (χ3n) is 1.80. The van der Waals surface area contributed by atoms with Crippen molar-refractivity contribution in [3.05, 3.63) is 0 Å². The molecule has 0 aromatic rings. The average Bonchev–Trinajstić information content (AvgIpc) is 1.88. The van der Waals surface area contributed by atoms with Gasteiger partial charge in [-0.1, -0.05) is 0 Å². The molecule has 4 N–H and O–H groups in total. The Morgan fingerprint density at radius 1 is 1.60 bits per heavy atom. The van der Waals surface area contributed by atoms with E-state index in [1.807, 2.05) is 0 Å². The second-order valence-corrected chi connectivity index (χ2v) is 2.63. The summed E-state index contributed by atoms with van der Waals surface area (Å²) in [7, 11) is 0. The highest BCUT2D eigenvalue weighted by atomic mass is 16.4. The smallest absolute Gasteiger partial charge is 0.307 e. The Labute approximate surface area is 59.4 Å². The number of nitrogens with two attached hydrogens (primary N) is 1. The van der Waals surface area contributed by atoms with Gasteiger partial charge in [0.15, 0.2) is 0 Å². The minimum atomic E-state index is -0.723. The van der Waals surface area contributed by atoms with Gasteiger partial charge in [-0.2, -0.15) is 0 Å². The Kier molecular flexibility index (Phi) is 2.24. The van der Waals surface area contributed by atoms with E-state index in [1.54, 1.807) is 0 Å². The van der Waals surface area contributed by atoms with Gasteiger partial charge in [0.1, 0.15) is 0 Å². The molecule has 0 radical (unpaired) electrons. The molecule has 1 heterocycles. The van der Waals surface area contributed by atoms with E-state index in [-0.39, 0.29) is 12.1 Å². The Bertz CT molecular complexity index is 130. The molecule has 0 spiro atoms. The van der Waals surface area contributed by atoms with Crippen molar-refractivity contribution in [2.24, 2.45) is 11.7 Å². The van der Waals surface area contributed by atoms with Crippen LogP contribution in [-0.2, 0) is 4.79 Å². The first kappa shape index (κ1) is 7.50. The van der Waals surface area contributed by atoms with E-state index in [0.717, 1.165) is 6.42 Å². The molecule has 0 aromatic heterocycles. The fourth-order valence-corrected chi connectivity index (χ4v) is 1.09. The van der Waals surface area contributed by atoms with Gasteiger partial charge in [-0.05, 0) is 12.8 Å². The first-order valence-corrected chi connectivity index (χ1v) is 3.42. The number of carbonyl (C=O) groups is 1. The molecule has 1 rings (SSSR count). The van der Waals surface area contributed by atoms with E-state index in [1.165, 1.54) is 0 Å². The fourth-order valence-electron chi connectivity index (χ4n) is 1.09. The van der Waals surface area contributed by atoms with E-state index in [2.05, 4.69) is 5.32 Å². The maximum absolute atomic E-state index is 10.4. The highest BCUT2D eigenvalue weighted by molar-refractivity contribution is 5.70. The zero-order valence-electron chi connectivity index (χ0n) is 5.71. The van der Waals surface area contributed by atoms with E-state index < -0.39 is 5.97 Å². The summed E-state index contributed by atoms with van der Waals surface area (Å²) in [6.07, 6.45) is 1.45. The quantitative estimate of drug-likeness (QED) is 0.457. The number of hydrogen-bond acceptors (Lipinski definition) is 3. The van der Waals surface area contributed by atoms with Crippen molar-refractivity contribution in [1.82, 2.24) is 5.32 Å². The molecule has 1 fully saturated rings. The van der Waals surface area contributed by atoms with Crippen LogP contribution in [0.25, 0.3) is 0 Å². The lowest BCUT2D eigenvalue weighted by atomic mass is 9.98. The number of rotatable bonds is 1. The van der Waals surface area contributed by atoms with E-state index in [0.29, 0.717) is 13.0 Å². The van der Waals surface area contributed by atoms with Crippen LogP contribution in [0, 0.1) is 5.92 Å². The molecule has 0 aliphatic carbocycles. The molecular formula is C6H12N2O2. The summed E-state index contributed by atoms with van der Waals surface area (Å²) in [5, 5.41) is 11.5. The molecule has 0 aromatic carbocycles. The Morgan fingerprint density at radius 2 is 2.30 bits per heavy atom. The van der Waals surface area contributed by atoms with Gasteiger partial charge >= 0.3 is 5.97 Å². The second kappa shape index (κ2) is 2.98. The van der Waals surface area contributed by atoms with Gasteiger partial charge in [0.2, 0.25) is 0 Å². The summed E-state index contributed by atoms with van der Waals surface area (Å²) < 4.78 is 0. The molecule has 10 heavy (non-hydrogen) atoms. The predicted molar refractivity (Wildman–Crippen MR) is 36.3 cm³/mol. The topological polar surface area (TPSA) is 75.4 Å². The zero-order chi connectivity index (χ0) is 7.56. The molecule has 1 aliphatic heterocycles. The third kappa shape index (κ3) is 1.68. The van der Waals surface area contributed by atoms with Crippen molar-refractivity contribution < 1.29 is 9.90 Å². The van der Waals surface area contributed by atoms with Crippen molar-refractivity contribution in [3.8, 4) is 0 Å². The van der Waals surface area contributed by atoms with Gasteiger partial charge in [0.25, 0.3) is 0 Å². The lowest BCUT2D eigenvalue weighted by Crippen LogP contribution is -2.46. The van der Waals surface area contributed by atoms with Crippen molar-refractivity contribution in [2.45, 2.75) is 19.0 Å². The van der Waals surface area contributed by atoms with Crippen LogP contribution >= 0.6 is 0 Å². The van der Waals surface area contributed by atoms with Crippen LogP contribution in [0.2, 0.25) is 0 Å². The lowest BCUT2D eigenvalue weighted by molar-refractivity contribution is -0.142. The standard InChI is InChI=1S/C6H12N2O2/c7-5-2-1-4(3-8-5)6(9)10/h4-5,8H,1-3,7H2,(H,9,10). The maximum atomic E-state index is 10.4. The largest absolute Gasteiger partial charge is 0.481 e. The summed E-state index contributed by atoms with van der Waals surface area (Å²) in [6.45, 7) is 0.510. The van der Waals surface area contributed by atoms with Gasteiger partial charge in [-0.25, -0.2) is 0 Å². The molecule has 0 saturated carbocycles. The van der Waals surface area contributed by atoms with Crippen LogP contribution in [0.5, 0.6) is 0 Å². The van der Waals surface area contributed by atoms with Crippen LogP contribution in [-0.4, -0.2) is 23.8 Å². The van der Waals surface area contributed by atoms with Gasteiger partial charge in [0.05, 0.1) is 12.1 Å². The summed E-state index contributed by atoms with van der Waals surface area (Å²) in [6, 6.07) is 0. The number of carboxylic acid groups (broad SMARTS) is 1. The van der Waals surface area contributed by atoms with Gasteiger partial charge in [0, 0.05) is 6.54 Å². The first-order chi connectivity index (χ1) is 4.70. The average molecular weight is 144 g/mol. The Morgan fingerprint density at radius 3 is 2.70 bits per heavy atom. The highest BCUT2D eigenvalue weighted by Crippen LogP contribution is 2.11. The summed E-state index contributed by atoms with van der Waals surface area (Å²) >= 11 is 0. The SMILES string of the molecule is NC1CCC(C(=O)O)CN1. The van der Waals surface area contributed by atoms with Crippen molar-refractivity contribution in [3.63, 3.8) is 0 Å². The highest BCUT2D eigenvalue weighted by Gasteiger charge is 2.22. The number of piperidine rings is 1. The summed E-state index contributed by atoms with van der Waals surface area (Å²) in [5.74, 6) is -0.959. The number of carboxylic acids is 1. The van der Waals surface area contributed by atoms with E-state index in [9.17, 15) is 4.79 Å². The first-order valence-electron chi connectivity index (χ1n) is 3.42. The molecule has 4 nitrogen and oxygen atoms in total. The van der Waals surface area contributed by atoms with Crippen molar-refractivity contribution in [1.29, 1.82) is 0 Å². The molecule has 4 heteroatoms. The van der Waals surface area contributed by atoms with Gasteiger partial charge in [-0.15, -0.1) is 0 Å². The molecule has 0 bridgehead atoms. The molecule has 0 amide bonds. The monoisotopic (exact) mass is 144 g/mol. The van der Waals surface area contributed by atoms with Gasteiger partial charge < -0.3 is 16.2 Å². The molecule has 1 aliphatic rings. The minimum Gasteiger partial charge on any atom is -0.481 e. The minimum absolute atomic E-state index is 0.00407. The molecule has 58 valence electrons. The van der Waals surface area contributed by atoms with Crippen LogP contribution in [0.4, 0.5) is 0 Å². The predicted octanol–water partition coefficient (Wildman–Crippen LogP) is -0.645. The van der Waals surface area contributed by atoms with Crippen LogP contribution in [0.15, 0.2) is 0 Å². The van der Waals surface area contributed by atoms with Crippen LogP contribution < -0.4 is 11.1 Å². The van der Waals surface area contributed by atoms with Crippen molar-refractivity contribution in [2.75, 3.05) is 6.54 Å². The second-order valence-electron chi connectivity index (χ2n) is 2.63.